The normalized spacial score (nSPS) is 49.2. The maximum atomic E-state index is 12.0. The molecule has 184 valence electrons. The van der Waals surface area contributed by atoms with Crippen molar-refractivity contribution in [2.45, 2.75) is 111 Å². The van der Waals surface area contributed by atoms with Crippen LogP contribution >= 0.6 is 0 Å². The molecule has 0 bridgehead atoms. The van der Waals surface area contributed by atoms with Crippen molar-refractivity contribution in [3.63, 3.8) is 0 Å². The highest BCUT2D eigenvalue weighted by atomic mass is 16.4. The summed E-state index contributed by atoms with van der Waals surface area (Å²) in [4.78, 5) is 11.2. The van der Waals surface area contributed by atoms with E-state index in [1.165, 1.54) is 25.7 Å². The summed E-state index contributed by atoms with van der Waals surface area (Å²) < 4.78 is 0. The molecule has 4 nitrogen and oxygen atoms in total. The van der Waals surface area contributed by atoms with Crippen LogP contribution in [-0.4, -0.2) is 33.5 Å². The van der Waals surface area contributed by atoms with E-state index in [1.807, 2.05) is 0 Å². The molecule has 4 aliphatic rings. The van der Waals surface area contributed by atoms with Crippen LogP contribution in [0.4, 0.5) is 0 Å². The molecular weight excluding hydrogens is 400 g/mol. The maximum absolute atomic E-state index is 12.0. The number of hydrogen-bond donors (Lipinski definition) is 3. The van der Waals surface area contributed by atoms with Gasteiger partial charge in [-0.3, -0.25) is 4.79 Å². The lowest BCUT2D eigenvalue weighted by Gasteiger charge is -2.65. The molecule has 32 heavy (non-hydrogen) atoms. The fraction of sp³-hybridized carbons (Fsp3) is 0.964. The molecule has 0 heterocycles. The van der Waals surface area contributed by atoms with Gasteiger partial charge >= 0.3 is 5.97 Å². The average molecular weight is 449 g/mol. The summed E-state index contributed by atoms with van der Waals surface area (Å²) in [6, 6.07) is 0. The molecule has 4 saturated carbocycles. The molecular formula is C28H48O4. The predicted octanol–water partition coefficient (Wildman–Crippen LogP) is 5.75. The van der Waals surface area contributed by atoms with Crippen LogP contribution in [0.25, 0.3) is 0 Å². The van der Waals surface area contributed by atoms with Crippen LogP contribution in [0.3, 0.4) is 0 Å². The standard InChI is InChI=1S/C28H48O4/c1-16(2)14-19-23-15-18(29)10-12-28(23,5)22-11-13-27(4)20(17(3)6-9-24(30)31)7-8-21(27)25(22)26(19)32/h16-23,25-26,29,32H,6-15H2,1-5H3,(H,30,31)/t17-,18-,19?,20?,21?,22?,23?,25?,26-,27-,28-/m1/s1. The molecule has 0 aromatic carbocycles. The number of aliphatic hydroxyl groups excluding tert-OH is 2. The monoisotopic (exact) mass is 448 g/mol. The van der Waals surface area contributed by atoms with E-state index < -0.39 is 5.97 Å². The molecule has 0 saturated heterocycles. The van der Waals surface area contributed by atoms with Gasteiger partial charge in [0, 0.05) is 6.42 Å². The van der Waals surface area contributed by atoms with Gasteiger partial charge in [-0.1, -0.05) is 34.6 Å². The molecule has 0 aromatic rings. The quantitative estimate of drug-likeness (QED) is 0.483. The number of hydrogen-bond acceptors (Lipinski definition) is 3. The van der Waals surface area contributed by atoms with E-state index in [9.17, 15) is 20.1 Å². The van der Waals surface area contributed by atoms with Crippen molar-refractivity contribution in [3.8, 4) is 0 Å². The van der Waals surface area contributed by atoms with Crippen molar-refractivity contribution < 1.29 is 20.1 Å². The maximum Gasteiger partial charge on any atom is 0.303 e. The summed E-state index contributed by atoms with van der Waals surface area (Å²) in [6.45, 7) is 11.8. The number of carbonyl (C=O) groups is 1. The van der Waals surface area contributed by atoms with Gasteiger partial charge in [0.25, 0.3) is 0 Å². The molecule has 0 spiro atoms. The Morgan fingerprint density at radius 3 is 2.25 bits per heavy atom. The fourth-order valence-electron chi connectivity index (χ4n) is 9.81. The van der Waals surface area contributed by atoms with Crippen LogP contribution in [0.1, 0.15) is 98.8 Å². The minimum atomic E-state index is -0.682. The summed E-state index contributed by atoms with van der Waals surface area (Å²) in [5, 5.41) is 31.7. The number of carboxylic acid groups (broad SMARTS) is 1. The van der Waals surface area contributed by atoms with Crippen LogP contribution in [0.15, 0.2) is 0 Å². The number of aliphatic carboxylic acids is 1. The highest BCUT2D eigenvalue weighted by Gasteiger charge is 2.65. The Labute approximate surface area is 195 Å². The van der Waals surface area contributed by atoms with Crippen LogP contribution in [-0.2, 0) is 4.79 Å². The Kier molecular flexibility index (Phi) is 6.80. The van der Waals surface area contributed by atoms with Crippen molar-refractivity contribution in [2.24, 2.45) is 58.2 Å². The third kappa shape index (κ3) is 3.96. The largest absolute Gasteiger partial charge is 0.481 e. The highest BCUT2D eigenvalue weighted by Crippen LogP contribution is 2.69. The van der Waals surface area contributed by atoms with Gasteiger partial charge in [-0.05, 0) is 116 Å². The first kappa shape index (κ1) is 24.5. The third-order valence-corrected chi connectivity index (χ3v) is 11.2. The summed E-state index contributed by atoms with van der Waals surface area (Å²) in [5.41, 5.74) is 0.455. The second-order valence-corrected chi connectivity index (χ2v) is 13.3. The number of rotatable bonds is 6. The lowest BCUT2D eigenvalue weighted by atomic mass is 9.41. The number of carboxylic acids is 1. The molecule has 4 heteroatoms. The van der Waals surface area contributed by atoms with Gasteiger partial charge < -0.3 is 15.3 Å². The fourth-order valence-corrected chi connectivity index (χ4v) is 9.81. The topological polar surface area (TPSA) is 77.8 Å². The Morgan fingerprint density at radius 1 is 0.938 bits per heavy atom. The Bertz CT molecular complexity index is 691. The van der Waals surface area contributed by atoms with Gasteiger partial charge in [0.2, 0.25) is 0 Å². The van der Waals surface area contributed by atoms with Gasteiger partial charge in [0.05, 0.1) is 12.2 Å². The third-order valence-electron chi connectivity index (χ3n) is 11.2. The van der Waals surface area contributed by atoms with Gasteiger partial charge in [0.15, 0.2) is 0 Å². The zero-order valence-electron chi connectivity index (χ0n) is 21.1. The van der Waals surface area contributed by atoms with E-state index in [4.69, 9.17) is 0 Å². The van der Waals surface area contributed by atoms with Crippen LogP contribution in [0.5, 0.6) is 0 Å². The summed E-state index contributed by atoms with van der Waals surface area (Å²) in [5.74, 6) is 3.07. The molecule has 4 aliphatic carbocycles. The van der Waals surface area contributed by atoms with Crippen LogP contribution in [0, 0.1) is 58.2 Å². The first-order valence-electron chi connectivity index (χ1n) is 13.6. The highest BCUT2D eigenvalue weighted by molar-refractivity contribution is 5.66. The van der Waals surface area contributed by atoms with Gasteiger partial charge in [-0.25, -0.2) is 0 Å². The predicted molar refractivity (Wildman–Crippen MR) is 127 cm³/mol. The van der Waals surface area contributed by atoms with Crippen molar-refractivity contribution in [1.29, 1.82) is 0 Å². The van der Waals surface area contributed by atoms with Crippen LogP contribution < -0.4 is 0 Å². The van der Waals surface area contributed by atoms with E-state index >= 15 is 0 Å². The van der Waals surface area contributed by atoms with E-state index in [0.29, 0.717) is 47.3 Å². The number of aliphatic hydroxyl groups is 2. The molecule has 0 aliphatic heterocycles. The zero-order valence-corrected chi connectivity index (χ0v) is 21.1. The van der Waals surface area contributed by atoms with E-state index in [1.54, 1.807) is 0 Å². The molecule has 11 atom stereocenters. The van der Waals surface area contributed by atoms with Crippen LogP contribution in [0.2, 0.25) is 0 Å². The SMILES string of the molecule is CC(C)CC1C2C[C@H](O)CC[C@]2(C)C2CC[C@@]3(C)C(CCC3[C@H](C)CCC(=O)O)C2[C@@H]1O. The lowest BCUT2D eigenvalue weighted by molar-refractivity contribution is -0.205. The molecule has 4 fully saturated rings. The van der Waals surface area contributed by atoms with Gasteiger partial charge in [0.1, 0.15) is 0 Å². The summed E-state index contributed by atoms with van der Waals surface area (Å²) >= 11 is 0. The van der Waals surface area contributed by atoms with Gasteiger partial charge in [-0.15, -0.1) is 0 Å². The molecule has 0 aromatic heterocycles. The van der Waals surface area contributed by atoms with Crippen molar-refractivity contribution in [2.75, 3.05) is 0 Å². The summed E-state index contributed by atoms with van der Waals surface area (Å²) in [6.07, 6.45) is 9.29. The Hall–Kier alpha value is -0.610. The molecule has 6 unspecified atom stereocenters. The minimum Gasteiger partial charge on any atom is -0.481 e. The van der Waals surface area contributed by atoms with E-state index in [2.05, 4.69) is 34.6 Å². The van der Waals surface area contributed by atoms with Crippen molar-refractivity contribution >= 4 is 5.97 Å². The first-order chi connectivity index (χ1) is 15.0. The molecule has 0 radical (unpaired) electrons. The Morgan fingerprint density at radius 2 is 1.59 bits per heavy atom. The minimum absolute atomic E-state index is 0.203. The van der Waals surface area contributed by atoms with Gasteiger partial charge in [-0.2, -0.15) is 0 Å². The Balaban J connectivity index is 1.63. The number of fused-ring (bicyclic) bond motifs is 5. The van der Waals surface area contributed by atoms with E-state index in [0.717, 1.165) is 32.1 Å². The first-order valence-corrected chi connectivity index (χ1v) is 13.6. The molecule has 4 rings (SSSR count). The van der Waals surface area contributed by atoms with Crippen molar-refractivity contribution in [1.82, 2.24) is 0 Å². The zero-order chi connectivity index (χ0) is 23.4. The van der Waals surface area contributed by atoms with E-state index in [-0.39, 0.29) is 29.5 Å². The second kappa shape index (κ2) is 8.87. The summed E-state index contributed by atoms with van der Waals surface area (Å²) in [7, 11) is 0. The molecule has 3 N–H and O–H groups in total. The second-order valence-electron chi connectivity index (χ2n) is 13.3. The molecule has 0 amide bonds. The average Bonchev–Trinajstić information content (AvgIpc) is 3.07. The smallest absolute Gasteiger partial charge is 0.303 e. The van der Waals surface area contributed by atoms with Crippen molar-refractivity contribution in [3.05, 3.63) is 0 Å². The lowest BCUT2D eigenvalue weighted by Crippen LogP contribution is -2.62.